The number of hydrogen-bond acceptors (Lipinski definition) is 2. The van der Waals surface area contributed by atoms with E-state index < -0.39 is 0 Å². The minimum Gasteiger partial charge on any atom is -0.454 e. The first kappa shape index (κ1) is 13.6. The molecule has 0 amide bonds. The van der Waals surface area contributed by atoms with E-state index in [0.29, 0.717) is 11.5 Å². The van der Waals surface area contributed by atoms with Crippen molar-refractivity contribution in [2.75, 3.05) is 0 Å². The van der Waals surface area contributed by atoms with Crippen LogP contribution < -0.4 is 0 Å². The van der Waals surface area contributed by atoms with Crippen molar-refractivity contribution in [3.63, 3.8) is 0 Å². The highest BCUT2D eigenvalue weighted by Gasteiger charge is 2.25. The van der Waals surface area contributed by atoms with Crippen LogP contribution in [0.15, 0.2) is 54.1 Å². The number of benzene rings is 1. The molecule has 0 aliphatic heterocycles. The standard InChI is InChI=1S/C17H20O2/c1-12(2)15-10-9-13(3)16(11-15)19-17(18)14-7-5-4-6-8-14/h4-9,15-16H,1,10-11H2,2-3H3/t15-,16+/m1/s1. The first-order valence-electron chi connectivity index (χ1n) is 6.66. The Balaban J connectivity index is 2.06. The summed E-state index contributed by atoms with van der Waals surface area (Å²) in [7, 11) is 0. The molecule has 1 aliphatic rings. The number of hydrogen-bond donors (Lipinski definition) is 0. The highest BCUT2D eigenvalue weighted by Crippen LogP contribution is 2.30. The summed E-state index contributed by atoms with van der Waals surface area (Å²) >= 11 is 0. The van der Waals surface area contributed by atoms with Gasteiger partial charge in [-0.3, -0.25) is 0 Å². The summed E-state index contributed by atoms with van der Waals surface area (Å²) in [6, 6.07) is 9.13. The van der Waals surface area contributed by atoms with Crippen LogP contribution >= 0.6 is 0 Å². The Morgan fingerprint density at radius 2 is 2.00 bits per heavy atom. The van der Waals surface area contributed by atoms with Crippen molar-refractivity contribution in [2.24, 2.45) is 5.92 Å². The van der Waals surface area contributed by atoms with Gasteiger partial charge in [-0.25, -0.2) is 4.79 Å². The fraction of sp³-hybridized carbons (Fsp3) is 0.353. The molecular weight excluding hydrogens is 236 g/mol. The molecule has 1 aromatic carbocycles. The molecule has 2 rings (SSSR count). The molecule has 100 valence electrons. The highest BCUT2D eigenvalue weighted by molar-refractivity contribution is 5.89. The Morgan fingerprint density at radius 1 is 1.32 bits per heavy atom. The number of rotatable bonds is 3. The molecule has 19 heavy (non-hydrogen) atoms. The molecule has 2 nitrogen and oxygen atoms in total. The summed E-state index contributed by atoms with van der Waals surface area (Å²) in [5.74, 6) is 0.165. The molecule has 0 heterocycles. The van der Waals surface area contributed by atoms with E-state index in [-0.39, 0.29) is 12.1 Å². The zero-order valence-corrected chi connectivity index (χ0v) is 11.6. The molecule has 0 radical (unpaired) electrons. The quantitative estimate of drug-likeness (QED) is 0.600. The predicted molar refractivity (Wildman–Crippen MR) is 76.9 cm³/mol. The van der Waals surface area contributed by atoms with E-state index in [4.69, 9.17) is 4.74 Å². The van der Waals surface area contributed by atoms with Gasteiger partial charge < -0.3 is 4.74 Å². The zero-order valence-electron chi connectivity index (χ0n) is 11.6. The summed E-state index contributed by atoms with van der Waals surface area (Å²) in [6.45, 7) is 8.07. The average Bonchev–Trinajstić information content (AvgIpc) is 2.42. The Bertz CT molecular complexity index is 499. The second-order valence-electron chi connectivity index (χ2n) is 5.22. The number of carbonyl (C=O) groups excluding carboxylic acids is 1. The lowest BCUT2D eigenvalue weighted by atomic mass is 9.84. The number of ether oxygens (including phenoxy) is 1. The van der Waals surface area contributed by atoms with Gasteiger partial charge in [0.05, 0.1) is 5.56 Å². The second-order valence-corrected chi connectivity index (χ2v) is 5.22. The summed E-state index contributed by atoms with van der Waals surface area (Å²) in [6.07, 6.45) is 3.88. The summed E-state index contributed by atoms with van der Waals surface area (Å²) < 4.78 is 5.62. The highest BCUT2D eigenvalue weighted by atomic mass is 16.5. The smallest absolute Gasteiger partial charge is 0.338 e. The van der Waals surface area contributed by atoms with Crippen LogP contribution in [0.25, 0.3) is 0 Å². The first-order valence-corrected chi connectivity index (χ1v) is 6.66. The maximum Gasteiger partial charge on any atom is 0.338 e. The van der Waals surface area contributed by atoms with Gasteiger partial charge in [-0.1, -0.05) is 36.4 Å². The van der Waals surface area contributed by atoms with Gasteiger partial charge in [-0.2, -0.15) is 0 Å². The van der Waals surface area contributed by atoms with Crippen LogP contribution in [0, 0.1) is 5.92 Å². The topological polar surface area (TPSA) is 26.3 Å². The van der Waals surface area contributed by atoms with Gasteiger partial charge >= 0.3 is 5.97 Å². The minimum atomic E-state index is -0.249. The van der Waals surface area contributed by atoms with Crippen LogP contribution in [0.1, 0.15) is 37.0 Å². The van der Waals surface area contributed by atoms with Crippen LogP contribution in [0.2, 0.25) is 0 Å². The fourth-order valence-corrected chi connectivity index (χ4v) is 2.32. The normalized spacial score (nSPS) is 22.5. The first-order chi connectivity index (χ1) is 9.08. The molecule has 0 unspecified atom stereocenters. The largest absolute Gasteiger partial charge is 0.454 e. The molecule has 1 aliphatic carbocycles. The second kappa shape index (κ2) is 5.87. The van der Waals surface area contributed by atoms with Gasteiger partial charge in [-0.15, -0.1) is 0 Å². The van der Waals surface area contributed by atoms with E-state index >= 15 is 0 Å². The summed E-state index contributed by atoms with van der Waals surface area (Å²) in [4.78, 5) is 12.1. The van der Waals surface area contributed by atoms with E-state index in [9.17, 15) is 4.79 Å². The summed E-state index contributed by atoms with van der Waals surface area (Å²) in [5, 5.41) is 0. The molecule has 0 bridgehead atoms. The van der Waals surface area contributed by atoms with Gasteiger partial charge in [-0.05, 0) is 50.3 Å². The minimum absolute atomic E-state index is 0.122. The van der Waals surface area contributed by atoms with Crippen molar-refractivity contribution in [3.8, 4) is 0 Å². The Morgan fingerprint density at radius 3 is 2.63 bits per heavy atom. The molecule has 2 heteroatoms. The number of carbonyl (C=O) groups is 1. The van der Waals surface area contributed by atoms with Crippen LogP contribution in [0.4, 0.5) is 0 Å². The maximum absolute atomic E-state index is 12.1. The van der Waals surface area contributed by atoms with E-state index in [1.165, 1.54) is 0 Å². The van der Waals surface area contributed by atoms with Crippen molar-refractivity contribution in [2.45, 2.75) is 32.8 Å². The lowest BCUT2D eigenvalue weighted by Gasteiger charge is -2.28. The average molecular weight is 256 g/mol. The molecule has 0 spiro atoms. The lowest BCUT2D eigenvalue weighted by Crippen LogP contribution is -2.26. The molecule has 2 atom stereocenters. The van der Waals surface area contributed by atoms with Crippen molar-refractivity contribution in [3.05, 3.63) is 59.7 Å². The SMILES string of the molecule is C=C(C)[C@@H]1CC=C(C)[C@@H](OC(=O)c2ccccc2)C1. The van der Waals surface area contributed by atoms with Crippen LogP contribution in [0.5, 0.6) is 0 Å². The van der Waals surface area contributed by atoms with Crippen LogP contribution in [-0.2, 0) is 4.74 Å². The van der Waals surface area contributed by atoms with Crippen molar-refractivity contribution in [1.82, 2.24) is 0 Å². The van der Waals surface area contributed by atoms with E-state index in [1.54, 1.807) is 12.1 Å². The monoisotopic (exact) mass is 256 g/mol. The molecule has 0 aromatic heterocycles. The summed E-state index contributed by atoms with van der Waals surface area (Å²) in [5.41, 5.74) is 2.90. The van der Waals surface area contributed by atoms with Crippen molar-refractivity contribution >= 4 is 5.97 Å². The third kappa shape index (κ3) is 3.34. The van der Waals surface area contributed by atoms with Crippen molar-refractivity contribution in [1.29, 1.82) is 0 Å². The molecule has 0 saturated heterocycles. The van der Waals surface area contributed by atoms with Crippen molar-refractivity contribution < 1.29 is 9.53 Å². The molecule has 0 N–H and O–H groups in total. The van der Waals surface area contributed by atoms with Gasteiger partial charge in [0.2, 0.25) is 0 Å². The Kier molecular flexibility index (Phi) is 4.20. The lowest BCUT2D eigenvalue weighted by molar-refractivity contribution is 0.0323. The molecule has 1 aromatic rings. The third-order valence-corrected chi connectivity index (χ3v) is 3.69. The van der Waals surface area contributed by atoms with Crippen LogP contribution in [0.3, 0.4) is 0 Å². The van der Waals surface area contributed by atoms with Crippen LogP contribution in [-0.4, -0.2) is 12.1 Å². The van der Waals surface area contributed by atoms with Gasteiger partial charge in [0.1, 0.15) is 6.10 Å². The Labute approximate surface area is 114 Å². The van der Waals surface area contributed by atoms with Gasteiger partial charge in [0, 0.05) is 0 Å². The van der Waals surface area contributed by atoms with E-state index in [2.05, 4.69) is 12.7 Å². The van der Waals surface area contributed by atoms with E-state index in [0.717, 1.165) is 24.0 Å². The predicted octanol–water partition coefficient (Wildman–Crippen LogP) is 4.14. The molecule has 0 saturated carbocycles. The molecular formula is C17H20O2. The fourth-order valence-electron chi connectivity index (χ4n) is 2.32. The van der Waals surface area contributed by atoms with Gasteiger partial charge in [0.15, 0.2) is 0 Å². The van der Waals surface area contributed by atoms with Gasteiger partial charge in [0.25, 0.3) is 0 Å². The maximum atomic E-state index is 12.1. The Hall–Kier alpha value is -1.83. The third-order valence-electron chi connectivity index (χ3n) is 3.69. The zero-order chi connectivity index (χ0) is 13.8. The number of allylic oxidation sites excluding steroid dienone is 2. The number of esters is 1. The van der Waals surface area contributed by atoms with E-state index in [1.807, 2.05) is 32.0 Å². The molecule has 0 fully saturated rings.